The van der Waals surface area contributed by atoms with Gasteiger partial charge in [0.05, 0.1) is 5.54 Å². The second-order valence-corrected chi connectivity index (χ2v) is 12.5. The number of carbonyl (C=O) groups excluding carboxylic acids is 1. The van der Waals surface area contributed by atoms with Crippen LogP contribution in [0.3, 0.4) is 0 Å². The van der Waals surface area contributed by atoms with Crippen LogP contribution in [0.1, 0.15) is 43.9 Å². The molecule has 224 valence electrons. The number of piperidine rings is 1. The number of hydrogen-bond acceptors (Lipinski definition) is 6. The number of carbonyl (C=O) groups is 1. The van der Waals surface area contributed by atoms with Gasteiger partial charge in [-0.2, -0.15) is 0 Å². The lowest BCUT2D eigenvalue weighted by Gasteiger charge is -2.39. The summed E-state index contributed by atoms with van der Waals surface area (Å²) in [5.74, 6) is 0.885. The SMILES string of the molecule is CC[C@@]1(c2ccccc2)CCN(c2cc(C)n(CCN3CC4(CCN(c5nccn6ccnc56)CC4)NC3=O)c(=O)c2)C1. The maximum Gasteiger partial charge on any atom is 0.318 e. The van der Waals surface area contributed by atoms with Crippen molar-refractivity contribution in [2.45, 2.75) is 57.0 Å². The van der Waals surface area contributed by atoms with Crippen molar-refractivity contribution in [2.75, 3.05) is 49.1 Å². The molecule has 0 aliphatic carbocycles. The Bertz CT molecular complexity index is 1690. The van der Waals surface area contributed by atoms with Gasteiger partial charge < -0.3 is 29.0 Å². The Balaban J connectivity index is 0.988. The highest BCUT2D eigenvalue weighted by Gasteiger charge is 2.44. The van der Waals surface area contributed by atoms with Crippen molar-refractivity contribution in [3.05, 3.63) is 88.9 Å². The average molecular weight is 581 g/mol. The van der Waals surface area contributed by atoms with Crippen LogP contribution in [0.2, 0.25) is 0 Å². The molecule has 2 amide bonds. The molecule has 10 heteroatoms. The Morgan fingerprint density at radius 3 is 2.37 bits per heavy atom. The van der Waals surface area contributed by atoms with Gasteiger partial charge in [-0.15, -0.1) is 0 Å². The molecule has 10 nitrogen and oxygen atoms in total. The number of imidazole rings is 1. The quantitative estimate of drug-likeness (QED) is 0.358. The fraction of sp³-hybridized carbons (Fsp3) is 0.455. The summed E-state index contributed by atoms with van der Waals surface area (Å²) in [4.78, 5) is 42.0. The summed E-state index contributed by atoms with van der Waals surface area (Å²) in [5.41, 5.74) is 4.01. The van der Waals surface area contributed by atoms with Gasteiger partial charge in [-0.05, 0) is 44.2 Å². The van der Waals surface area contributed by atoms with Gasteiger partial charge in [0, 0.05) is 93.5 Å². The topological polar surface area (TPSA) is 91.0 Å². The first-order valence-corrected chi connectivity index (χ1v) is 15.5. The highest BCUT2D eigenvalue weighted by atomic mass is 16.2. The van der Waals surface area contributed by atoms with Crippen LogP contribution in [0.15, 0.2) is 72.0 Å². The Kier molecular flexibility index (Phi) is 6.86. The van der Waals surface area contributed by atoms with Crippen LogP contribution >= 0.6 is 0 Å². The van der Waals surface area contributed by atoms with Crippen molar-refractivity contribution in [3.63, 3.8) is 0 Å². The van der Waals surface area contributed by atoms with Crippen molar-refractivity contribution < 1.29 is 4.79 Å². The third kappa shape index (κ3) is 4.92. The predicted molar refractivity (Wildman–Crippen MR) is 168 cm³/mol. The van der Waals surface area contributed by atoms with Crippen molar-refractivity contribution >= 4 is 23.2 Å². The van der Waals surface area contributed by atoms with E-state index in [0.717, 1.165) is 74.7 Å². The normalized spacial score (nSPS) is 21.7. The van der Waals surface area contributed by atoms with E-state index in [1.54, 1.807) is 18.5 Å². The Morgan fingerprint density at radius 1 is 0.884 bits per heavy atom. The number of urea groups is 1. The third-order valence-corrected chi connectivity index (χ3v) is 10.2. The molecule has 1 spiro atoms. The Morgan fingerprint density at radius 2 is 1.63 bits per heavy atom. The minimum atomic E-state index is -0.252. The van der Waals surface area contributed by atoms with E-state index in [4.69, 9.17) is 0 Å². The monoisotopic (exact) mass is 580 g/mol. The molecule has 0 radical (unpaired) electrons. The fourth-order valence-corrected chi connectivity index (χ4v) is 7.47. The molecule has 43 heavy (non-hydrogen) atoms. The van der Waals surface area contributed by atoms with Crippen LogP contribution < -0.4 is 20.7 Å². The van der Waals surface area contributed by atoms with Crippen molar-refractivity contribution in [2.24, 2.45) is 0 Å². The number of rotatable bonds is 7. The summed E-state index contributed by atoms with van der Waals surface area (Å²) in [6, 6.07) is 14.6. The highest BCUT2D eigenvalue weighted by Crippen LogP contribution is 2.39. The number of pyridine rings is 1. The van der Waals surface area contributed by atoms with Gasteiger partial charge in [-0.3, -0.25) is 4.79 Å². The second-order valence-electron chi connectivity index (χ2n) is 12.5. The first-order chi connectivity index (χ1) is 20.9. The van der Waals surface area contributed by atoms with Crippen LogP contribution in [0.25, 0.3) is 5.65 Å². The standard InChI is InChI=1S/C33H40N8O2/c1-3-32(26-7-5-4-6-8-26)9-14-39(23-32)27-21-25(2)41(28(42)22-27)20-19-40-24-33(36-31(40)43)10-15-37(16-11-33)29-30-35-13-18-38(30)17-12-34-29/h4-8,12-13,17-18,21-22H,3,9-11,14-16,19-20,23-24H2,1-2H3,(H,36,43)/t32-/m1/s1. The first-order valence-electron chi connectivity index (χ1n) is 15.5. The highest BCUT2D eigenvalue weighted by molar-refractivity contribution is 5.78. The summed E-state index contributed by atoms with van der Waals surface area (Å²) < 4.78 is 3.79. The summed E-state index contributed by atoms with van der Waals surface area (Å²) in [6.07, 6.45) is 11.2. The van der Waals surface area contributed by atoms with Crippen molar-refractivity contribution in [3.8, 4) is 0 Å². The summed E-state index contributed by atoms with van der Waals surface area (Å²) in [5, 5.41) is 3.29. The Labute approximate surface area is 252 Å². The molecule has 3 aliphatic heterocycles. The number of amides is 2. The number of hydrogen-bond donors (Lipinski definition) is 1. The van der Waals surface area contributed by atoms with Gasteiger partial charge in [-0.25, -0.2) is 14.8 Å². The lowest BCUT2D eigenvalue weighted by molar-refractivity contribution is 0.215. The van der Waals surface area contributed by atoms with E-state index in [2.05, 4.69) is 68.4 Å². The van der Waals surface area contributed by atoms with Gasteiger partial charge in [0.25, 0.3) is 5.56 Å². The number of benzene rings is 1. The van der Waals surface area contributed by atoms with Gasteiger partial charge >= 0.3 is 6.03 Å². The van der Waals surface area contributed by atoms with Gasteiger partial charge in [-0.1, -0.05) is 37.3 Å². The number of nitrogens with one attached hydrogen (secondary N) is 1. The van der Waals surface area contributed by atoms with E-state index >= 15 is 0 Å². The lowest BCUT2D eigenvalue weighted by atomic mass is 9.77. The smallest absolute Gasteiger partial charge is 0.318 e. The molecule has 4 aromatic rings. The maximum atomic E-state index is 13.3. The average Bonchev–Trinajstić information content (AvgIpc) is 3.76. The maximum absolute atomic E-state index is 13.3. The van der Waals surface area contributed by atoms with Crippen LogP contribution in [-0.2, 0) is 12.0 Å². The third-order valence-electron chi connectivity index (χ3n) is 10.2. The lowest BCUT2D eigenvalue weighted by Crippen LogP contribution is -2.52. The predicted octanol–water partition coefficient (Wildman–Crippen LogP) is 3.82. The van der Waals surface area contributed by atoms with E-state index in [1.165, 1.54) is 5.56 Å². The first kappa shape index (κ1) is 27.5. The van der Waals surface area contributed by atoms with Crippen molar-refractivity contribution in [1.82, 2.24) is 29.2 Å². The fourth-order valence-electron chi connectivity index (χ4n) is 7.47. The minimum Gasteiger partial charge on any atom is -0.370 e. The molecule has 3 aliphatic rings. The second kappa shape index (κ2) is 10.7. The van der Waals surface area contributed by atoms with Crippen LogP contribution in [0.5, 0.6) is 0 Å². The summed E-state index contributed by atoms with van der Waals surface area (Å²) >= 11 is 0. The molecular formula is C33H40N8O2. The zero-order chi connectivity index (χ0) is 29.6. The number of nitrogens with zero attached hydrogens (tertiary/aromatic N) is 7. The number of anilines is 2. The van der Waals surface area contributed by atoms with E-state index in [9.17, 15) is 9.59 Å². The molecule has 0 bridgehead atoms. The van der Waals surface area contributed by atoms with Gasteiger partial charge in [0.15, 0.2) is 11.5 Å². The van der Waals surface area contributed by atoms with E-state index in [0.29, 0.717) is 19.6 Å². The molecular weight excluding hydrogens is 540 g/mol. The summed E-state index contributed by atoms with van der Waals surface area (Å²) in [6.45, 7) is 9.35. The summed E-state index contributed by atoms with van der Waals surface area (Å²) in [7, 11) is 0. The molecule has 3 fully saturated rings. The molecule has 1 atom stereocenters. The molecule has 1 N–H and O–H groups in total. The van der Waals surface area contributed by atoms with Crippen molar-refractivity contribution in [1.29, 1.82) is 0 Å². The molecule has 0 unspecified atom stereocenters. The molecule has 0 saturated carbocycles. The molecule has 7 rings (SSSR count). The molecule has 3 aromatic heterocycles. The van der Waals surface area contributed by atoms with Crippen LogP contribution in [-0.4, -0.2) is 74.7 Å². The zero-order valence-electron chi connectivity index (χ0n) is 25.1. The zero-order valence-corrected chi connectivity index (χ0v) is 25.1. The van der Waals surface area contributed by atoms with E-state index in [1.807, 2.05) is 33.2 Å². The minimum absolute atomic E-state index is 0.00740. The van der Waals surface area contributed by atoms with E-state index in [-0.39, 0.29) is 22.5 Å². The largest absolute Gasteiger partial charge is 0.370 e. The molecule has 1 aromatic carbocycles. The Hall–Kier alpha value is -4.34. The number of aryl methyl sites for hydroxylation is 1. The van der Waals surface area contributed by atoms with Crippen LogP contribution in [0, 0.1) is 6.92 Å². The number of fused-ring (bicyclic) bond motifs is 1. The molecule has 6 heterocycles. The van der Waals surface area contributed by atoms with Gasteiger partial charge in [0.1, 0.15) is 0 Å². The van der Waals surface area contributed by atoms with Gasteiger partial charge in [0.2, 0.25) is 0 Å². The molecule has 3 saturated heterocycles. The van der Waals surface area contributed by atoms with Crippen LogP contribution in [0.4, 0.5) is 16.3 Å². The van der Waals surface area contributed by atoms with E-state index < -0.39 is 0 Å². The number of aromatic nitrogens is 4.